The van der Waals surface area contributed by atoms with Gasteiger partial charge in [0.2, 0.25) is 0 Å². The molecule has 2 aromatic heterocycles. The van der Waals surface area contributed by atoms with Gasteiger partial charge in [-0.05, 0) is 49.4 Å². The summed E-state index contributed by atoms with van der Waals surface area (Å²) in [4.78, 5) is 18.0. The van der Waals surface area contributed by atoms with Gasteiger partial charge in [0.15, 0.2) is 5.43 Å². The van der Waals surface area contributed by atoms with Gasteiger partial charge in [0.1, 0.15) is 11.6 Å². The van der Waals surface area contributed by atoms with Crippen molar-refractivity contribution >= 4 is 33.9 Å². The van der Waals surface area contributed by atoms with Crippen molar-refractivity contribution in [3.63, 3.8) is 0 Å². The van der Waals surface area contributed by atoms with Gasteiger partial charge < -0.3 is 10.6 Å². The Kier molecular flexibility index (Phi) is 5.14. The molecule has 5 heteroatoms. The largest absolute Gasteiger partial charge is 0.341 e. The van der Waals surface area contributed by atoms with Crippen LogP contribution in [0.15, 0.2) is 108 Å². The van der Waals surface area contributed by atoms with E-state index in [1.54, 1.807) is 6.07 Å². The molecule has 2 N–H and O–H groups in total. The second-order valence-electron chi connectivity index (χ2n) is 7.55. The Morgan fingerprint density at radius 1 is 0.719 bits per heavy atom. The van der Waals surface area contributed by atoms with Crippen LogP contribution in [-0.2, 0) is 0 Å². The number of anilines is 4. The first-order valence-corrected chi connectivity index (χ1v) is 10.5. The van der Waals surface area contributed by atoms with Crippen LogP contribution < -0.4 is 16.1 Å². The smallest absolute Gasteiger partial charge is 0.195 e. The van der Waals surface area contributed by atoms with Gasteiger partial charge in [0.25, 0.3) is 0 Å². The Hall–Kier alpha value is -4.38. The minimum absolute atomic E-state index is 0.100. The minimum atomic E-state index is -0.100. The van der Waals surface area contributed by atoms with Gasteiger partial charge in [0, 0.05) is 28.8 Å². The number of pyridine rings is 2. The van der Waals surface area contributed by atoms with Crippen LogP contribution in [0, 0.1) is 6.92 Å². The molecule has 0 saturated heterocycles. The summed E-state index contributed by atoms with van der Waals surface area (Å²) < 4.78 is 2.06. The Balaban J connectivity index is 1.78. The molecule has 156 valence electrons. The molecular weight excluding hydrogens is 396 g/mol. The maximum absolute atomic E-state index is 13.4. The zero-order valence-corrected chi connectivity index (χ0v) is 17.6. The van der Waals surface area contributed by atoms with Crippen molar-refractivity contribution in [1.29, 1.82) is 0 Å². The maximum Gasteiger partial charge on any atom is 0.195 e. The third-order valence-electron chi connectivity index (χ3n) is 5.22. The van der Waals surface area contributed by atoms with Gasteiger partial charge in [-0.2, -0.15) is 0 Å². The maximum atomic E-state index is 13.4. The normalized spacial score (nSPS) is 10.8. The van der Waals surface area contributed by atoms with E-state index >= 15 is 0 Å². The fourth-order valence-electron chi connectivity index (χ4n) is 3.83. The summed E-state index contributed by atoms with van der Waals surface area (Å²) >= 11 is 0. The van der Waals surface area contributed by atoms with Crippen LogP contribution in [-0.4, -0.2) is 9.55 Å². The summed E-state index contributed by atoms with van der Waals surface area (Å²) in [7, 11) is 0. The molecule has 0 saturated carbocycles. The zero-order valence-electron chi connectivity index (χ0n) is 17.6. The highest BCUT2D eigenvalue weighted by Gasteiger charge is 2.16. The molecule has 0 atom stereocenters. The van der Waals surface area contributed by atoms with E-state index in [2.05, 4.69) is 20.2 Å². The number of fused-ring (bicyclic) bond motifs is 1. The first-order valence-electron chi connectivity index (χ1n) is 10.5. The van der Waals surface area contributed by atoms with Crippen LogP contribution in [0.4, 0.5) is 23.0 Å². The number of nitrogens with zero attached hydrogens (tertiary/aromatic N) is 2. The number of rotatable bonds is 5. The lowest BCUT2D eigenvalue weighted by Crippen LogP contribution is -2.15. The van der Waals surface area contributed by atoms with E-state index in [9.17, 15) is 4.79 Å². The van der Waals surface area contributed by atoms with Crippen LogP contribution in [0.5, 0.6) is 0 Å². The molecule has 5 aromatic rings. The quantitative estimate of drug-likeness (QED) is 0.358. The highest BCUT2D eigenvalue weighted by atomic mass is 16.1. The van der Waals surface area contributed by atoms with Crippen molar-refractivity contribution in [1.82, 2.24) is 9.55 Å². The number of hydrogen-bond donors (Lipinski definition) is 2. The molecule has 0 aliphatic carbocycles. The van der Waals surface area contributed by atoms with E-state index < -0.39 is 0 Å². The summed E-state index contributed by atoms with van der Waals surface area (Å²) in [6.45, 7) is 1.94. The van der Waals surface area contributed by atoms with Crippen molar-refractivity contribution < 1.29 is 0 Å². The van der Waals surface area contributed by atoms with Crippen molar-refractivity contribution in [3.05, 3.63) is 119 Å². The van der Waals surface area contributed by atoms with Crippen molar-refractivity contribution in [2.45, 2.75) is 6.92 Å². The number of para-hydroxylation sites is 3. The standard InChI is InChI=1S/C27H22N4O/c1-19-17-23-26(27(28-19)30-21-13-7-3-8-14-21)24(32)18-25(29-20-11-5-2-6-12-20)31(23)22-15-9-4-10-16-22/h2-18,29H,1H3,(H,28,30). The summed E-state index contributed by atoms with van der Waals surface area (Å²) in [5.41, 5.74) is 4.24. The summed E-state index contributed by atoms with van der Waals surface area (Å²) in [5, 5.41) is 7.29. The summed E-state index contributed by atoms with van der Waals surface area (Å²) in [5.74, 6) is 1.24. The van der Waals surface area contributed by atoms with E-state index in [0.717, 1.165) is 28.3 Å². The molecule has 0 radical (unpaired) electrons. The Morgan fingerprint density at radius 3 is 1.91 bits per heavy atom. The molecule has 0 aliphatic rings. The average Bonchev–Trinajstić information content (AvgIpc) is 2.81. The number of nitrogens with one attached hydrogen (secondary N) is 2. The van der Waals surface area contributed by atoms with Crippen LogP contribution >= 0.6 is 0 Å². The van der Waals surface area contributed by atoms with Gasteiger partial charge in [-0.15, -0.1) is 0 Å². The predicted molar refractivity (Wildman–Crippen MR) is 132 cm³/mol. The van der Waals surface area contributed by atoms with Crippen LogP contribution in [0.25, 0.3) is 16.6 Å². The summed E-state index contributed by atoms with van der Waals surface area (Å²) in [6, 6.07) is 33.2. The van der Waals surface area contributed by atoms with Crippen molar-refractivity contribution in [2.75, 3.05) is 10.6 Å². The third kappa shape index (κ3) is 3.84. The first-order chi connectivity index (χ1) is 15.7. The molecule has 0 bridgehead atoms. The Morgan fingerprint density at radius 2 is 1.28 bits per heavy atom. The van der Waals surface area contributed by atoms with Crippen LogP contribution in [0.1, 0.15) is 5.69 Å². The lowest BCUT2D eigenvalue weighted by molar-refractivity contribution is 1.09. The molecule has 3 aromatic carbocycles. The molecule has 0 aliphatic heterocycles. The molecular formula is C27H22N4O. The summed E-state index contributed by atoms with van der Waals surface area (Å²) in [6.07, 6.45) is 0. The molecule has 0 spiro atoms. The van der Waals surface area contributed by atoms with E-state index in [-0.39, 0.29) is 5.43 Å². The highest BCUT2D eigenvalue weighted by molar-refractivity contribution is 5.94. The van der Waals surface area contributed by atoms with Gasteiger partial charge in [-0.25, -0.2) is 4.98 Å². The second kappa shape index (κ2) is 8.40. The molecule has 0 unspecified atom stereocenters. The Labute approximate surface area is 186 Å². The molecule has 0 fully saturated rings. The predicted octanol–water partition coefficient (Wildman–Crippen LogP) is 6.18. The Bertz CT molecular complexity index is 1430. The van der Waals surface area contributed by atoms with Gasteiger partial charge >= 0.3 is 0 Å². The highest BCUT2D eigenvalue weighted by Crippen LogP contribution is 2.29. The fraction of sp³-hybridized carbons (Fsp3) is 0.0370. The lowest BCUT2D eigenvalue weighted by Gasteiger charge is -2.20. The van der Waals surface area contributed by atoms with Gasteiger partial charge in [-0.1, -0.05) is 54.6 Å². The average molecular weight is 419 g/mol. The number of hydrogen-bond acceptors (Lipinski definition) is 4. The monoisotopic (exact) mass is 418 g/mol. The molecule has 0 amide bonds. The number of aromatic nitrogens is 2. The van der Waals surface area contributed by atoms with Crippen molar-refractivity contribution in [3.8, 4) is 5.69 Å². The SMILES string of the molecule is Cc1cc2c(c(Nc3ccccc3)n1)c(=O)cc(Nc1ccccc1)n2-c1ccccc1. The van der Waals surface area contributed by atoms with E-state index in [4.69, 9.17) is 0 Å². The second-order valence-corrected chi connectivity index (χ2v) is 7.55. The molecule has 2 heterocycles. The van der Waals surface area contributed by atoms with Crippen LogP contribution in [0.3, 0.4) is 0 Å². The number of aryl methyl sites for hydroxylation is 1. The number of benzene rings is 3. The third-order valence-corrected chi connectivity index (χ3v) is 5.22. The van der Waals surface area contributed by atoms with E-state index in [0.29, 0.717) is 17.0 Å². The van der Waals surface area contributed by atoms with Crippen molar-refractivity contribution in [2.24, 2.45) is 0 Å². The topological polar surface area (TPSA) is 59.0 Å². The fourth-order valence-corrected chi connectivity index (χ4v) is 3.83. The van der Waals surface area contributed by atoms with E-state index in [1.165, 1.54) is 0 Å². The van der Waals surface area contributed by atoms with Gasteiger partial charge in [0.05, 0.1) is 10.9 Å². The first kappa shape index (κ1) is 19.6. The van der Waals surface area contributed by atoms with Crippen LogP contribution in [0.2, 0.25) is 0 Å². The lowest BCUT2D eigenvalue weighted by atomic mass is 10.1. The van der Waals surface area contributed by atoms with E-state index in [1.807, 2.05) is 104 Å². The minimum Gasteiger partial charge on any atom is -0.341 e. The zero-order chi connectivity index (χ0) is 21.9. The molecule has 5 rings (SSSR count). The van der Waals surface area contributed by atoms with Gasteiger partial charge in [-0.3, -0.25) is 9.36 Å². The molecule has 5 nitrogen and oxygen atoms in total. The molecule has 32 heavy (non-hydrogen) atoms.